The van der Waals surface area contributed by atoms with Crippen LogP contribution in [0.5, 0.6) is 5.75 Å². The van der Waals surface area contributed by atoms with Gasteiger partial charge in [0.1, 0.15) is 5.75 Å². The molecule has 7 heteroatoms. The van der Waals surface area contributed by atoms with E-state index in [4.69, 9.17) is 9.84 Å². The molecular weight excluding hydrogens is 275 g/mol. The topological polar surface area (TPSA) is 49.8 Å². The lowest BCUT2D eigenvalue weighted by Gasteiger charge is -2.22. The Balaban J connectivity index is 2.77. The highest BCUT2D eigenvalue weighted by Crippen LogP contribution is 2.19. The molecule has 0 aliphatic rings. The van der Waals surface area contributed by atoms with Gasteiger partial charge in [-0.25, -0.2) is 0 Å². The van der Waals surface area contributed by atoms with E-state index in [2.05, 4.69) is 0 Å². The summed E-state index contributed by atoms with van der Waals surface area (Å²) in [4.78, 5) is 11.4. The average Bonchev–Trinajstić information content (AvgIpc) is 2.26. The Morgan fingerprint density at radius 2 is 2.10 bits per heavy atom. The van der Waals surface area contributed by atoms with Crippen molar-refractivity contribution in [3.63, 3.8) is 0 Å². The van der Waals surface area contributed by atoms with Gasteiger partial charge in [0.25, 0.3) is 0 Å². The Morgan fingerprint density at radius 1 is 1.40 bits per heavy atom. The average molecular weight is 291 g/mol. The first-order valence-electron chi connectivity index (χ1n) is 6.03. The van der Waals surface area contributed by atoms with Crippen LogP contribution in [0.4, 0.5) is 13.2 Å². The third kappa shape index (κ3) is 6.42. The molecule has 0 saturated carbocycles. The number of carboxylic acid groups (broad SMARTS) is 1. The van der Waals surface area contributed by atoms with Gasteiger partial charge in [-0.2, -0.15) is 13.2 Å². The zero-order valence-corrected chi connectivity index (χ0v) is 11.0. The first-order chi connectivity index (χ1) is 9.30. The first-order valence-corrected chi connectivity index (χ1v) is 6.03. The first kappa shape index (κ1) is 16.3. The van der Waals surface area contributed by atoms with Crippen molar-refractivity contribution in [2.75, 3.05) is 19.7 Å². The highest BCUT2D eigenvalue weighted by molar-refractivity contribution is 5.69. The van der Waals surface area contributed by atoms with Gasteiger partial charge in [0.05, 0.1) is 19.7 Å². The van der Waals surface area contributed by atoms with Crippen molar-refractivity contribution in [1.82, 2.24) is 4.90 Å². The molecule has 20 heavy (non-hydrogen) atoms. The highest BCUT2D eigenvalue weighted by Gasteiger charge is 2.31. The molecule has 0 radical (unpaired) electrons. The van der Waals surface area contributed by atoms with Gasteiger partial charge < -0.3 is 9.84 Å². The largest absolute Gasteiger partial charge is 0.494 e. The molecule has 0 fully saturated rings. The van der Waals surface area contributed by atoms with Crippen LogP contribution in [0.25, 0.3) is 0 Å². The molecule has 0 amide bonds. The predicted octanol–water partition coefficient (Wildman–Crippen LogP) is 2.53. The minimum Gasteiger partial charge on any atom is -0.494 e. The second-order valence-electron chi connectivity index (χ2n) is 4.23. The Bertz CT molecular complexity index is 449. The minimum atomic E-state index is -4.44. The second kappa shape index (κ2) is 7.14. The maximum Gasteiger partial charge on any atom is 0.401 e. The normalized spacial score (nSPS) is 11.7. The standard InChI is InChI=1S/C13H16F3NO3/c1-2-20-11-5-3-4-10(6-11)7-17(8-12(18)19)9-13(14,15)16/h3-6H,2,7-9H2,1H3,(H,18,19). The fraction of sp³-hybridized carbons (Fsp3) is 0.462. The smallest absolute Gasteiger partial charge is 0.401 e. The molecule has 0 aliphatic heterocycles. The summed E-state index contributed by atoms with van der Waals surface area (Å²) in [5.74, 6) is -0.748. The van der Waals surface area contributed by atoms with E-state index in [0.717, 1.165) is 4.90 Å². The van der Waals surface area contributed by atoms with Crippen LogP contribution in [0.2, 0.25) is 0 Å². The molecule has 0 bridgehead atoms. The van der Waals surface area contributed by atoms with Crippen molar-refractivity contribution in [3.8, 4) is 5.75 Å². The van der Waals surface area contributed by atoms with E-state index < -0.39 is 25.2 Å². The Hall–Kier alpha value is -1.76. The zero-order valence-electron chi connectivity index (χ0n) is 11.0. The second-order valence-corrected chi connectivity index (χ2v) is 4.23. The summed E-state index contributed by atoms with van der Waals surface area (Å²) in [5.41, 5.74) is 0.571. The maximum atomic E-state index is 12.4. The number of halogens is 3. The van der Waals surface area contributed by atoms with E-state index in [1.807, 2.05) is 0 Å². The van der Waals surface area contributed by atoms with Gasteiger partial charge >= 0.3 is 12.1 Å². The molecule has 1 rings (SSSR count). The van der Waals surface area contributed by atoms with E-state index in [0.29, 0.717) is 17.9 Å². The van der Waals surface area contributed by atoms with Crippen LogP contribution in [-0.2, 0) is 11.3 Å². The Morgan fingerprint density at radius 3 is 2.65 bits per heavy atom. The highest BCUT2D eigenvalue weighted by atomic mass is 19.4. The number of nitrogens with zero attached hydrogens (tertiary/aromatic N) is 1. The Labute approximate surface area is 114 Å². The molecule has 0 aromatic heterocycles. The van der Waals surface area contributed by atoms with Crippen LogP contribution in [0, 0.1) is 0 Å². The lowest BCUT2D eigenvalue weighted by Crippen LogP contribution is -2.37. The summed E-state index contributed by atoms with van der Waals surface area (Å²) in [6, 6.07) is 6.59. The van der Waals surface area contributed by atoms with Crippen molar-refractivity contribution < 1.29 is 27.8 Å². The van der Waals surface area contributed by atoms with Crippen molar-refractivity contribution in [2.45, 2.75) is 19.6 Å². The maximum absolute atomic E-state index is 12.4. The molecule has 1 aromatic carbocycles. The number of rotatable bonds is 7. The predicted molar refractivity (Wildman–Crippen MR) is 66.6 cm³/mol. The number of benzene rings is 1. The number of carboxylic acids is 1. The number of alkyl halides is 3. The molecule has 4 nitrogen and oxygen atoms in total. The van der Waals surface area contributed by atoms with E-state index in [9.17, 15) is 18.0 Å². The summed E-state index contributed by atoms with van der Waals surface area (Å²) in [5, 5.41) is 8.66. The van der Waals surface area contributed by atoms with Crippen LogP contribution in [0.1, 0.15) is 12.5 Å². The fourth-order valence-electron chi connectivity index (χ4n) is 1.77. The van der Waals surface area contributed by atoms with E-state index in [1.54, 1.807) is 31.2 Å². The van der Waals surface area contributed by atoms with Gasteiger partial charge in [-0.1, -0.05) is 12.1 Å². The Kier molecular flexibility index (Phi) is 5.82. The van der Waals surface area contributed by atoms with Gasteiger partial charge in [-0.05, 0) is 24.6 Å². The number of hydrogen-bond donors (Lipinski definition) is 1. The van der Waals surface area contributed by atoms with Crippen molar-refractivity contribution in [1.29, 1.82) is 0 Å². The molecule has 1 aromatic rings. The van der Waals surface area contributed by atoms with Gasteiger partial charge in [0.15, 0.2) is 0 Å². The van der Waals surface area contributed by atoms with Crippen LogP contribution in [0.15, 0.2) is 24.3 Å². The van der Waals surface area contributed by atoms with Gasteiger partial charge in [0.2, 0.25) is 0 Å². The van der Waals surface area contributed by atoms with Gasteiger partial charge in [0, 0.05) is 6.54 Å². The number of hydrogen-bond acceptors (Lipinski definition) is 3. The number of aliphatic carboxylic acids is 1. The molecule has 112 valence electrons. The molecule has 0 unspecified atom stereocenters. The van der Waals surface area contributed by atoms with Crippen LogP contribution in [0.3, 0.4) is 0 Å². The molecular formula is C13H16F3NO3. The summed E-state index contributed by atoms with van der Waals surface area (Å²) in [6.07, 6.45) is -4.44. The lowest BCUT2D eigenvalue weighted by molar-refractivity contribution is -0.154. The van der Waals surface area contributed by atoms with E-state index in [1.165, 1.54) is 0 Å². The number of ether oxygens (including phenoxy) is 1. The molecule has 1 N–H and O–H groups in total. The zero-order chi connectivity index (χ0) is 15.2. The fourth-order valence-corrected chi connectivity index (χ4v) is 1.77. The SMILES string of the molecule is CCOc1cccc(CN(CC(=O)O)CC(F)(F)F)c1. The van der Waals surface area contributed by atoms with Crippen LogP contribution in [-0.4, -0.2) is 41.8 Å². The monoisotopic (exact) mass is 291 g/mol. The van der Waals surface area contributed by atoms with Crippen LogP contribution < -0.4 is 4.74 Å². The molecule has 0 heterocycles. The molecule has 0 saturated heterocycles. The summed E-state index contributed by atoms with van der Waals surface area (Å²) >= 11 is 0. The van der Waals surface area contributed by atoms with E-state index in [-0.39, 0.29) is 6.54 Å². The molecule has 0 atom stereocenters. The van der Waals surface area contributed by atoms with Crippen molar-refractivity contribution in [2.24, 2.45) is 0 Å². The lowest BCUT2D eigenvalue weighted by atomic mass is 10.2. The van der Waals surface area contributed by atoms with Crippen LogP contribution >= 0.6 is 0 Å². The minimum absolute atomic E-state index is 0.104. The quantitative estimate of drug-likeness (QED) is 0.838. The molecule has 0 spiro atoms. The third-order valence-corrected chi connectivity index (χ3v) is 2.38. The summed E-state index contributed by atoms with van der Waals surface area (Å²) < 4.78 is 42.5. The van der Waals surface area contributed by atoms with Gasteiger partial charge in [-0.3, -0.25) is 9.69 Å². The number of carbonyl (C=O) groups is 1. The van der Waals surface area contributed by atoms with Crippen molar-refractivity contribution in [3.05, 3.63) is 29.8 Å². The van der Waals surface area contributed by atoms with Gasteiger partial charge in [-0.15, -0.1) is 0 Å². The van der Waals surface area contributed by atoms with E-state index >= 15 is 0 Å². The molecule has 0 aliphatic carbocycles. The summed E-state index contributed by atoms with van der Waals surface area (Å²) in [6.45, 7) is 0.209. The van der Waals surface area contributed by atoms with Crippen molar-refractivity contribution >= 4 is 5.97 Å². The summed E-state index contributed by atoms with van der Waals surface area (Å²) in [7, 11) is 0. The third-order valence-electron chi connectivity index (χ3n) is 2.38.